The van der Waals surface area contributed by atoms with Crippen LogP contribution in [-0.4, -0.2) is 29.7 Å². The molecule has 0 bridgehead atoms. The third-order valence-corrected chi connectivity index (χ3v) is 2.78. The molecule has 1 aliphatic rings. The van der Waals surface area contributed by atoms with E-state index in [1.54, 1.807) is 6.92 Å². The van der Waals surface area contributed by atoms with Gasteiger partial charge in [0.05, 0.1) is 0 Å². The second-order valence-corrected chi connectivity index (χ2v) is 3.91. The highest BCUT2D eigenvalue weighted by atomic mass is 19.3. The average Bonchev–Trinajstić information content (AvgIpc) is 2.14. The highest BCUT2D eigenvalue weighted by molar-refractivity contribution is 5.72. The summed E-state index contributed by atoms with van der Waals surface area (Å²) in [6.45, 7) is 2.00. The van der Waals surface area contributed by atoms with Crippen LogP contribution in [0.1, 0.15) is 32.6 Å². The molecule has 1 aliphatic carbocycles. The molecule has 1 unspecified atom stereocenters. The van der Waals surface area contributed by atoms with Crippen LogP contribution >= 0.6 is 0 Å². The fraction of sp³-hybridized carbons (Fsp3) is 0.900. The maximum Gasteiger partial charge on any atom is 0.333 e. The van der Waals surface area contributed by atoms with Gasteiger partial charge in [0.25, 0.3) is 0 Å². The van der Waals surface area contributed by atoms with Gasteiger partial charge < -0.3 is 9.84 Å². The standard InChI is InChI=1S/C10H16F2O3/c1-2-15-8(9(13)14)7-3-5-10(11,12)6-4-7/h7-8H,2-6H2,1H3,(H,13,14). The van der Waals surface area contributed by atoms with E-state index in [1.807, 2.05) is 0 Å². The van der Waals surface area contributed by atoms with Crippen LogP contribution < -0.4 is 0 Å². The summed E-state index contributed by atoms with van der Waals surface area (Å²) < 4.78 is 30.7. The predicted octanol–water partition coefficient (Wildman–Crippen LogP) is 2.30. The Hall–Kier alpha value is -0.710. The molecule has 0 aromatic carbocycles. The van der Waals surface area contributed by atoms with Crippen LogP contribution in [0.4, 0.5) is 8.78 Å². The van der Waals surface area contributed by atoms with Gasteiger partial charge in [0, 0.05) is 19.4 Å². The summed E-state index contributed by atoms with van der Waals surface area (Å²) in [5, 5.41) is 8.87. The van der Waals surface area contributed by atoms with E-state index in [4.69, 9.17) is 9.84 Å². The van der Waals surface area contributed by atoms with Gasteiger partial charge in [0.1, 0.15) is 0 Å². The van der Waals surface area contributed by atoms with Gasteiger partial charge in [-0.15, -0.1) is 0 Å². The Labute approximate surface area is 87.4 Å². The van der Waals surface area contributed by atoms with Gasteiger partial charge in [-0.1, -0.05) is 0 Å². The lowest BCUT2D eigenvalue weighted by Gasteiger charge is -2.31. The van der Waals surface area contributed by atoms with Crippen molar-refractivity contribution in [3.8, 4) is 0 Å². The molecule has 1 fully saturated rings. The normalized spacial score (nSPS) is 23.7. The summed E-state index contributed by atoms with van der Waals surface area (Å²) in [4.78, 5) is 10.8. The average molecular weight is 222 g/mol. The molecule has 3 nitrogen and oxygen atoms in total. The van der Waals surface area contributed by atoms with E-state index in [2.05, 4.69) is 0 Å². The fourth-order valence-electron chi connectivity index (χ4n) is 1.95. The van der Waals surface area contributed by atoms with Gasteiger partial charge in [0.15, 0.2) is 6.10 Å². The zero-order chi connectivity index (χ0) is 11.5. The topological polar surface area (TPSA) is 46.5 Å². The van der Waals surface area contributed by atoms with E-state index in [0.29, 0.717) is 6.61 Å². The summed E-state index contributed by atoms with van der Waals surface area (Å²) in [6.07, 6.45) is -0.928. The lowest BCUT2D eigenvalue weighted by Crippen LogP contribution is -2.37. The van der Waals surface area contributed by atoms with Crippen LogP contribution in [0.2, 0.25) is 0 Å². The lowest BCUT2D eigenvalue weighted by molar-refractivity contribution is -0.157. The highest BCUT2D eigenvalue weighted by Crippen LogP contribution is 2.38. The van der Waals surface area contributed by atoms with Crippen LogP contribution in [-0.2, 0) is 9.53 Å². The summed E-state index contributed by atoms with van der Waals surface area (Å²) in [5.74, 6) is -3.94. The van der Waals surface area contributed by atoms with Crippen LogP contribution in [0.5, 0.6) is 0 Å². The van der Waals surface area contributed by atoms with Crippen molar-refractivity contribution < 1.29 is 23.4 Å². The number of carbonyl (C=O) groups is 1. The molecule has 0 amide bonds. The molecule has 5 heteroatoms. The van der Waals surface area contributed by atoms with Gasteiger partial charge in [0.2, 0.25) is 5.92 Å². The first-order chi connectivity index (χ1) is 6.96. The van der Waals surface area contributed by atoms with E-state index in [1.165, 1.54) is 0 Å². The summed E-state index contributed by atoms with van der Waals surface area (Å²) >= 11 is 0. The van der Waals surface area contributed by atoms with Crippen LogP contribution in [0.25, 0.3) is 0 Å². The first-order valence-electron chi connectivity index (χ1n) is 5.18. The molecular weight excluding hydrogens is 206 g/mol. The molecule has 0 aliphatic heterocycles. The first kappa shape index (κ1) is 12.4. The van der Waals surface area contributed by atoms with Gasteiger partial charge >= 0.3 is 5.97 Å². The molecule has 0 spiro atoms. The predicted molar refractivity (Wildman–Crippen MR) is 50.0 cm³/mol. The lowest BCUT2D eigenvalue weighted by atomic mass is 9.83. The molecule has 0 heterocycles. The number of carboxylic acid groups (broad SMARTS) is 1. The molecule has 0 saturated heterocycles. The van der Waals surface area contributed by atoms with E-state index in [9.17, 15) is 13.6 Å². The van der Waals surface area contributed by atoms with Gasteiger partial charge in [-0.3, -0.25) is 0 Å². The minimum atomic E-state index is -2.62. The van der Waals surface area contributed by atoms with Gasteiger partial charge in [-0.25, -0.2) is 13.6 Å². The number of hydrogen-bond donors (Lipinski definition) is 1. The van der Waals surface area contributed by atoms with E-state index >= 15 is 0 Å². The molecule has 1 saturated carbocycles. The maximum absolute atomic E-state index is 12.8. The van der Waals surface area contributed by atoms with Crippen LogP contribution in [0, 0.1) is 5.92 Å². The number of ether oxygens (including phenoxy) is 1. The zero-order valence-corrected chi connectivity index (χ0v) is 8.71. The van der Waals surface area contributed by atoms with Crippen molar-refractivity contribution in [1.29, 1.82) is 0 Å². The summed E-state index contributed by atoms with van der Waals surface area (Å²) in [7, 11) is 0. The van der Waals surface area contributed by atoms with Crippen molar-refractivity contribution in [3.05, 3.63) is 0 Å². The number of hydrogen-bond acceptors (Lipinski definition) is 2. The summed E-state index contributed by atoms with van der Waals surface area (Å²) in [6, 6.07) is 0. The van der Waals surface area contributed by atoms with E-state index in [0.717, 1.165) is 0 Å². The third-order valence-electron chi connectivity index (χ3n) is 2.78. The molecule has 1 atom stereocenters. The number of rotatable bonds is 4. The van der Waals surface area contributed by atoms with E-state index in [-0.39, 0.29) is 31.6 Å². The Bertz CT molecular complexity index is 221. The first-order valence-corrected chi connectivity index (χ1v) is 5.18. The minimum absolute atomic E-state index is 0.226. The van der Waals surface area contributed by atoms with E-state index < -0.39 is 18.0 Å². The van der Waals surface area contributed by atoms with Crippen molar-refractivity contribution in [2.45, 2.75) is 44.6 Å². The zero-order valence-electron chi connectivity index (χ0n) is 8.71. The quantitative estimate of drug-likeness (QED) is 0.793. The molecule has 15 heavy (non-hydrogen) atoms. The van der Waals surface area contributed by atoms with Crippen LogP contribution in [0.15, 0.2) is 0 Å². The van der Waals surface area contributed by atoms with Gasteiger partial charge in [-0.05, 0) is 25.7 Å². The second-order valence-electron chi connectivity index (χ2n) is 3.91. The number of carboxylic acids is 1. The van der Waals surface area contributed by atoms with Crippen LogP contribution in [0.3, 0.4) is 0 Å². The van der Waals surface area contributed by atoms with Crippen molar-refractivity contribution in [1.82, 2.24) is 0 Å². The molecule has 0 aromatic heterocycles. The van der Waals surface area contributed by atoms with Crippen molar-refractivity contribution >= 4 is 5.97 Å². The Morgan fingerprint density at radius 3 is 2.47 bits per heavy atom. The molecule has 1 rings (SSSR count). The number of halogens is 2. The smallest absolute Gasteiger partial charge is 0.333 e. The highest BCUT2D eigenvalue weighted by Gasteiger charge is 2.39. The number of alkyl halides is 2. The molecular formula is C10H16F2O3. The Kier molecular flexibility index (Phi) is 4.02. The Morgan fingerprint density at radius 2 is 2.07 bits per heavy atom. The monoisotopic (exact) mass is 222 g/mol. The van der Waals surface area contributed by atoms with Crippen molar-refractivity contribution in [2.75, 3.05) is 6.61 Å². The third kappa shape index (κ3) is 3.41. The Balaban J connectivity index is 2.52. The molecule has 0 aromatic rings. The summed E-state index contributed by atoms with van der Waals surface area (Å²) in [5.41, 5.74) is 0. The van der Waals surface area contributed by atoms with Gasteiger partial charge in [-0.2, -0.15) is 0 Å². The molecule has 1 N–H and O–H groups in total. The van der Waals surface area contributed by atoms with Crippen molar-refractivity contribution in [3.63, 3.8) is 0 Å². The second kappa shape index (κ2) is 4.88. The minimum Gasteiger partial charge on any atom is -0.479 e. The Morgan fingerprint density at radius 1 is 1.53 bits per heavy atom. The van der Waals surface area contributed by atoms with Crippen molar-refractivity contribution in [2.24, 2.45) is 5.92 Å². The molecule has 88 valence electrons. The largest absolute Gasteiger partial charge is 0.479 e. The molecule has 0 radical (unpaired) electrons. The SMILES string of the molecule is CCOC(C(=O)O)C1CCC(F)(F)CC1. The fourth-order valence-corrected chi connectivity index (χ4v) is 1.95. The number of aliphatic carboxylic acids is 1. The maximum atomic E-state index is 12.8.